The number of hydrogen-bond acceptors (Lipinski definition) is 3. The van der Waals surface area contributed by atoms with Crippen LogP contribution in [0.3, 0.4) is 0 Å². The van der Waals surface area contributed by atoms with Crippen LogP contribution in [-0.4, -0.2) is 24.5 Å². The van der Waals surface area contributed by atoms with Crippen molar-refractivity contribution in [3.05, 3.63) is 59.2 Å². The maximum absolute atomic E-state index is 12.6. The lowest BCUT2D eigenvalue weighted by Crippen LogP contribution is -2.28. The van der Waals surface area contributed by atoms with Crippen molar-refractivity contribution in [2.45, 2.75) is 32.8 Å². The summed E-state index contributed by atoms with van der Waals surface area (Å²) in [4.78, 5) is 24.9. The number of amides is 2. The van der Waals surface area contributed by atoms with Gasteiger partial charge in [-0.3, -0.25) is 9.59 Å². The molecule has 2 aromatic carbocycles. The predicted octanol–water partition coefficient (Wildman–Crippen LogP) is 3.67. The summed E-state index contributed by atoms with van der Waals surface area (Å²) in [5, 5.41) is 5.70. The van der Waals surface area contributed by atoms with E-state index >= 15 is 0 Å². The fraction of sp³-hybridized carbons (Fsp3) is 0.300. The van der Waals surface area contributed by atoms with Gasteiger partial charge in [0, 0.05) is 12.3 Å². The number of para-hydroxylation sites is 1. The summed E-state index contributed by atoms with van der Waals surface area (Å²) >= 11 is 0. The topological polar surface area (TPSA) is 67.4 Å². The van der Waals surface area contributed by atoms with Crippen LogP contribution in [0.1, 0.15) is 34.3 Å². The zero-order valence-corrected chi connectivity index (χ0v) is 14.5. The third-order valence-electron chi connectivity index (χ3n) is 4.42. The Balaban J connectivity index is 1.76. The summed E-state index contributed by atoms with van der Waals surface area (Å²) < 4.78 is 5.39. The lowest BCUT2D eigenvalue weighted by molar-refractivity contribution is -0.124. The highest BCUT2D eigenvalue weighted by molar-refractivity contribution is 6.10. The van der Waals surface area contributed by atoms with E-state index in [-0.39, 0.29) is 11.8 Å². The second-order valence-corrected chi connectivity index (χ2v) is 6.29. The van der Waals surface area contributed by atoms with Gasteiger partial charge in [0.25, 0.3) is 11.8 Å². The maximum atomic E-state index is 12.6. The highest BCUT2D eigenvalue weighted by Crippen LogP contribution is 2.21. The summed E-state index contributed by atoms with van der Waals surface area (Å²) in [6.07, 6.45) is 1.16. The van der Waals surface area contributed by atoms with E-state index in [4.69, 9.17) is 4.74 Å². The third-order valence-corrected chi connectivity index (χ3v) is 4.42. The van der Waals surface area contributed by atoms with E-state index in [0.29, 0.717) is 24.3 Å². The number of hydrogen-bond donors (Lipinski definition) is 2. The quantitative estimate of drug-likeness (QED) is 0.894. The Morgan fingerprint density at radius 2 is 1.84 bits per heavy atom. The fourth-order valence-corrected chi connectivity index (χ4v) is 2.81. The van der Waals surface area contributed by atoms with Crippen LogP contribution in [0.2, 0.25) is 0 Å². The number of benzene rings is 2. The predicted molar refractivity (Wildman–Crippen MR) is 97.9 cm³/mol. The molecule has 0 radical (unpaired) electrons. The van der Waals surface area contributed by atoms with Gasteiger partial charge in [0.05, 0.1) is 11.3 Å². The van der Waals surface area contributed by atoms with E-state index in [9.17, 15) is 9.59 Å². The first-order chi connectivity index (χ1) is 12.0. The van der Waals surface area contributed by atoms with Crippen molar-refractivity contribution in [3.8, 4) is 0 Å². The summed E-state index contributed by atoms with van der Waals surface area (Å²) in [7, 11) is 0. The number of ether oxygens (including phenoxy) is 1. The largest absolute Gasteiger partial charge is 0.368 e. The monoisotopic (exact) mass is 338 g/mol. The Morgan fingerprint density at radius 1 is 1.04 bits per heavy atom. The average Bonchev–Trinajstić information content (AvgIpc) is 3.13. The van der Waals surface area contributed by atoms with Crippen LogP contribution in [0, 0.1) is 13.8 Å². The molecule has 1 aliphatic heterocycles. The molecular formula is C20H22N2O3. The van der Waals surface area contributed by atoms with Gasteiger partial charge >= 0.3 is 0 Å². The van der Waals surface area contributed by atoms with Gasteiger partial charge in [0.15, 0.2) is 0 Å². The van der Waals surface area contributed by atoms with E-state index in [2.05, 4.69) is 10.6 Å². The molecule has 1 unspecified atom stereocenters. The Labute approximate surface area is 147 Å². The third kappa shape index (κ3) is 4.06. The van der Waals surface area contributed by atoms with Gasteiger partial charge in [-0.2, -0.15) is 0 Å². The fourth-order valence-electron chi connectivity index (χ4n) is 2.81. The first-order valence-electron chi connectivity index (χ1n) is 8.44. The number of carbonyl (C=O) groups is 2. The summed E-state index contributed by atoms with van der Waals surface area (Å²) in [5.41, 5.74) is 3.92. The van der Waals surface area contributed by atoms with Gasteiger partial charge in [-0.05, 0) is 62.1 Å². The number of rotatable bonds is 4. The van der Waals surface area contributed by atoms with Crippen LogP contribution in [0.25, 0.3) is 0 Å². The minimum atomic E-state index is -0.434. The normalized spacial score (nSPS) is 16.5. The van der Waals surface area contributed by atoms with Crippen molar-refractivity contribution >= 4 is 23.2 Å². The number of nitrogens with one attached hydrogen (secondary N) is 2. The van der Waals surface area contributed by atoms with E-state index in [0.717, 1.165) is 17.7 Å². The second-order valence-electron chi connectivity index (χ2n) is 6.29. The molecule has 2 amide bonds. The molecule has 0 bridgehead atoms. The Hall–Kier alpha value is -2.66. The molecule has 0 aromatic heterocycles. The van der Waals surface area contributed by atoms with Crippen LogP contribution in [-0.2, 0) is 9.53 Å². The highest BCUT2D eigenvalue weighted by atomic mass is 16.5. The van der Waals surface area contributed by atoms with Gasteiger partial charge in [-0.15, -0.1) is 0 Å². The van der Waals surface area contributed by atoms with Crippen LogP contribution in [0.4, 0.5) is 11.4 Å². The lowest BCUT2D eigenvalue weighted by Gasteiger charge is -2.14. The van der Waals surface area contributed by atoms with Gasteiger partial charge in [0.2, 0.25) is 0 Å². The van der Waals surface area contributed by atoms with Crippen molar-refractivity contribution in [1.29, 1.82) is 0 Å². The molecule has 0 saturated carbocycles. The molecule has 130 valence electrons. The zero-order valence-electron chi connectivity index (χ0n) is 14.5. The molecule has 5 nitrogen and oxygen atoms in total. The summed E-state index contributed by atoms with van der Waals surface area (Å²) in [6.45, 7) is 4.63. The minimum Gasteiger partial charge on any atom is -0.368 e. The summed E-state index contributed by atoms with van der Waals surface area (Å²) in [6, 6.07) is 12.8. The lowest BCUT2D eigenvalue weighted by atomic mass is 10.1. The number of anilines is 2. The minimum absolute atomic E-state index is 0.205. The molecule has 2 aromatic rings. The average molecular weight is 338 g/mol. The van der Waals surface area contributed by atoms with Gasteiger partial charge in [0.1, 0.15) is 6.10 Å². The van der Waals surface area contributed by atoms with Crippen LogP contribution in [0.5, 0.6) is 0 Å². The first kappa shape index (κ1) is 17.2. The van der Waals surface area contributed by atoms with Gasteiger partial charge in [-0.1, -0.05) is 18.2 Å². The van der Waals surface area contributed by atoms with E-state index in [1.54, 1.807) is 24.3 Å². The van der Waals surface area contributed by atoms with Gasteiger partial charge < -0.3 is 15.4 Å². The molecule has 1 fully saturated rings. The molecule has 3 rings (SSSR count). The molecule has 25 heavy (non-hydrogen) atoms. The molecular weight excluding hydrogens is 316 g/mol. The molecule has 1 heterocycles. The Morgan fingerprint density at radius 3 is 2.56 bits per heavy atom. The van der Waals surface area contributed by atoms with Crippen molar-refractivity contribution < 1.29 is 14.3 Å². The molecule has 5 heteroatoms. The van der Waals surface area contributed by atoms with E-state index < -0.39 is 6.10 Å². The highest BCUT2D eigenvalue weighted by Gasteiger charge is 2.24. The van der Waals surface area contributed by atoms with E-state index in [1.807, 2.05) is 32.0 Å². The SMILES string of the molecule is Cc1ccc(NC(=O)c2ccccc2NC(=O)C2CCCO2)cc1C. The van der Waals surface area contributed by atoms with Crippen molar-refractivity contribution in [3.63, 3.8) is 0 Å². The molecule has 1 atom stereocenters. The van der Waals surface area contributed by atoms with Gasteiger partial charge in [-0.25, -0.2) is 0 Å². The molecule has 2 N–H and O–H groups in total. The molecule has 1 aliphatic rings. The summed E-state index contributed by atoms with van der Waals surface area (Å²) in [5.74, 6) is -0.463. The smallest absolute Gasteiger partial charge is 0.257 e. The second kappa shape index (κ2) is 7.49. The number of carbonyl (C=O) groups excluding carboxylic acids is 2. The molecule has 1 saturated heterocycles. The number of aryl methyl sites for hydroxylation is 2. The first-order valence-corrected chi connectivity index (χ1v) is 8.44. The Bertz CT molecular complexity index is 795. The Kier molecular flexibility index (Phi) is 5.14. The van der Waals surface area contributed by atoms with Crippen molar-refractivity contribution in [2.75, 3.05) is 17.2 Å². The van der Waals surface area contributed by atoms with Crippen LogP contribution in [0.15, 0.2) is 42.5 Å². The van der Waals surface area contributed by atoms with Crippen LogP contribution >= 0.6 is 0 Å². The standard InChI is InChI=1S/C20H22N2O3/c1-13-9-10-15(12-14(13)2)21-19(23)16-6-3-4-7-17(16)22-20(24)18-8-5-11-25-18/h3-4,6-7,9-10,12,18H,5,8,11H2,1-2H3,(H,21,23)(H,22,24). The van der Waals surface area contributed by atoms with Crippen LogP contribution < -0.4 is 10.6 Å². The van der Waals surface area contributed by atoms with Crippen molar-refractivity contribution in [2.24, 2.45) is 0 Å². The van der Waals surface area contributed by atoms with Crippen molar-refractivity contribution in [1.82, 2.24) is 0 Å². The molecule has 0 aliphatic carbocycles. The van der Waals surface area contributed by atoms with E-state index in [1.165, 1.54) is 5.56 Å². The maximum Gasteiger partial charge on any atom is 0.257 e. The zero-order chi connectivity index (χ0) is 17.8. The molecule has 0 spiro atoms.